The summed E-state index contributed by atoms with van der Waals surface area (Å²) in [5, 5.41) is 10.5. The van der Waals surface area contributed by atoms with Gasteiger partial charge in [0.25, 0.3) is 0 Å². The van der Waals surface area contributed by atoms with Crippen LogP contribution in [-0.4, -0.2) is 73.1 Å². The average Bonchev–Trinajstić information content (AvgIpc) is 3.63. The number of anilines is 2. The first-order chi connectivity index (χ1) is 21.2. The summed E-state index contributed by atoms with van der Waals surface area (Å²) in [6.45, 7) is 5.56. The van der Waals surface area contributed by atoms with Crippen molar-refractivity contribution < 1.29 is 22.6 Å². The fourth-order valence-corrected chi connectivity index (χ4v) is 7.71. The molecule has 2 aromatic heterocycles. The molecule has 3 saturated heterocycles. The lowest BCUT2D eigenvalue weighted by Crippen LogP contribution is -2.34. The molecule has 7 rings (SSSR count). The number of fused-ring (bicyclic) bond motifs is 3. The van der Waals surface area contributed by atoms with Gasteiger partial charge in [-0.15, -0.1) is 11.3 Å². The standard InChI is InChI=1S/C24H20ClF2N5O2S.C7H12FN/c1-11-5-7-34-8-6-32(11)23-13-9-15(25)18(19(27)20(13)30-24(31-23)33-2)12-3-4-16(26)21-17(12)14(10-28)22(29)35-21;8-6-4-7-2-1-3-9(7)5-6/h3-4,9,11H,5-8,29H2,1-2H3;6-7H,1-5H2/t11-;/m1./s1. The van der Waals surface area contributed by atoms with Gasteiger partial charge >= 0.3 is 6.01 Å². The molecule has 0 radical (unpaired) electrons. The van der Waals surface area contributed by atoms with Crippen molar-refractivity contribution in [1.82, 2.24) is 14.9 Å². The molecule has 2 N–H and O–H groups in total. The first-order valence-electron chi connectivity index (χ1n) is 14.6. The molecule has 232 valence electrons. The number of nitriles is 1. The number of hydrogen-bond donors (Lipinski definition) is 1. The number of nitrogens with two attached hydrogens (primary N) is 1. The Morgan fingerprint density at radius 1 is 1.20 bits per heavy atom. The van der Waals surface area contributed by atoms with Crippen molar-refractivity contribution in [3.8, 4) is 23.2 Å². The highest BCUT2D eigenvalue weighted by molar-refractivity contribution is 7.23. The lowest BCUT2D eigenvalue weighted by Gasteiger charge is -2.29. The molecule has 3 aliphatic heterocycles. The van der Waals surface area contributed by atoms with Crippen molar-refractivity contribution in [3.63, 3.8) is 0 Å². The number of hydrogen-bond acceptors (Lipinski definition) is 9. The summed E-state index contributed by atoms with van der Waals surface area (Å²) in [6, 6.07) is 6.89. The van der Waals surface area contributed by atoms with Crippen molar-refractivity contribution in [1.29, 1.82) is 5.26 Å². The van der Waals surface area contributed by atoms with Gasteiger partial charge in [0.15, 0.2) is 5.82 Å². The second-order valence-electron chi connectivity index (χ2n) is 11.3. The summed E-state index contributed by atoms with van der Waals surface area (Å²) in [6.07, 6.45) is 3.58. The molecular formula is C31H32ClF3N6O2S. The summed E-state index contributed by atoms with van der Waals surface area (Å²) in [4.78, 5) is 13.1. The maximum atomic E-state index is 16.2. The van der Waals surface area contributed by atoms with Crippen molar-refractivity contribution in [2.24, 2.45) is 0 Å². The Morgan fingerprint density at radius 3 is 2.77 bits per heavy atom. The first kappa shape index (κ1) is 30.6. The zero-order valence-corrected chi connectivity index (χ0v) is 26.0. The van der Waals surface area contributed by atoms with E-state index in [1.54, 1.807) is 6.07 Å². The minimum absolute atomic E-state index is 0.00113. The Labute approximate surface area is 262 Å². The van der Waals surface area contributed by atoms with E-state index < -0.39 is 17.8 Å². The van der Waals surface area contributed by atoms with Crippen LogP contribution in [0.15, 0.2) is 18.2 Å². The second-order valence-corrected chi connectivity index (χ2v) is 12.8. The van der Waals surface area contributed by atoms with E-state index in [0.717, 1.165) is 30.7 Å². The number of nitrogen functional groups attached to an aromatic ring is 1. The van der Waals surface area contributed by atoms with Gasteiger partial charge in [-0.05, 0) is 56.8 Å². The fraction of sp³-hybridized carbons (Fsp3) is 0.452. The van der Waals surface area contributed by atoms with Gasteiger partial charge in [-0.2, -0.15) is 15.2 Å². The number of nitrogens with zero attached hydrogens (tertiary/aromatic N) is 5. The molecule has 3 aliphatic rings. The number of rotatable bonds is 3. The molecule has 0 aliphatic carbocycles. The lowest BCUT2D eigenvalue weighted by atomic mass is 9.97. The Balaban J connectivity index is 0.000000323. The van der Waals surface area contributed by atoms with Crippen molar-refractivity contribution >= 4 is 54.7 Å². The molecule has 3 atom stereocenters. The Morgan fingerprint density at radius 2 is 2.02 bits per heavy atom. The van der Waals surface area contributed by atoms with Crippen molar-refractivity contribution in [2.45, 2.75) is 50.9 Å². The van der Waals surface area contributed by atoms with E-state index in [9.17, 15) is 14.0 Å². The highest BCUT2D eigenvalue weighted by Gasteiger charge is 2.34. The monoisotopic (exact) mass is 644 g/mol. The second kappa shape index (κ2) is 12.6. The molecule has 0 bridgehead atoms. The average molecular weight is 645 g/mol. The van der Waals surface area contributed by atoms with E-state index in [2.05, 4.69) is 14.9 Å². The molecule has 13 heteroatoms. The van der Waals surface area contributed by atoms with Crippen molar-refractivity contribution in [3.05, 3.63) is 40.4 Å². The van der Waals surface area contributed by atoms with Crippen LogP contribution in [0, 0.1) is 23.0 Å². The molecule has 8 nitrogen and oxygen atoms in total. The quantitative estimate of drug-likeness (QED) is 0.263. The molecule has 3 fully saturated rings. The summed E-state index contributed by atoms with van der Waals surface area (Å²) in [5.41, 5.74) is 6.30. The van der Waals surface area contributed by atoms with Crippen LogP contribution in [0.1, 0.15) is 38.2 Å². The molecule has 0 amide bonds. The van der Waals surface area contributed by atoms with Gasteiger partial charge in [-0.25, -0.2) is 13.2 Å². The molecule has 0 saturated carbocycles. The number of methoxy groups -OCH3 is 1. The van der Waals surface area contributed by atoms with E-state index in [1.165, 1.54) is 32.1 Å². The molecule has 2 unspecified atom stereocenters. The molecule has 44 heavy (non-hydrogen) atoms. The number of alkyl halides is 1. The number of thiophene rings is 1. The minimum Gasteiger partial charge on any atom is -0.467 e. The van der Waals surface area contributed by atoms with E-state index >= 15 is 4.39 Å². The number of benzene rings is 2. The van der Waals surface area contributed by atoms with Crippen LogP contribution in [0.25, 0.3) is 32.1 Å². The van der Waals surface area contributed by atoms with Gasteiger partial charge in [0.05, 0.1) is 29.0 Å². The summed E-state index contributed by atoms with van der Waals surface area (Å²) < 4.78 is 54.5. The SMILES string of the molecule is COc1nc(N2CCOCC[C@H]2C)c2cc(Cl)c(-c3ccc(F)c4sc(N)c(C#N)c34)c(F)c2n1.FC1CC2CCCN2C1. The van der Waals surface area contributed by atoms with E-state index in [0.29, 0.717) is 43.5 Å². The van der Waals surface area contributed by atoms with Gasteiger partial charge < -0.3 is 20.1 Å². The van der Waals surface area contributed by atoms with Crippen LogP contribution in [-0.2, 0) is 4.74 Å². The first-order valence-corrected chi connectivity index (χ1v) is 15.8. The largest absolute Gasteiger partial charge is 0.467 e. The lowest BCUT2D eigenvalue weighted by molar-refractivity contribution is 0.150. The summed E-state index contributed by atoms with van der Waals surface area (Å²) >= 11 is 7.60. The van der Waals surface area contributed by atoms with E-state index in [4.69, 9.17) is 26.8 Å². The number of ether oxygens (including phenoxy) is 2. The van der Waals surface area contributed by atoms with Gasteiger partial charge in [0.1, 0.15) is 34.4 Å². The molecule has 2 aromatic carbocycles. The van der Waals surface area contributed by atoms with Crippen LogP contribution < -0.4 is 15.4 Å². The number of halogens is 4. The Kier molecular flexibility index (Phi) is 8.75. The Bertz CT molecular complexity index is 1750. The third-order valence-corrected chi connectivity index (χ3v) is 9.97. The Hall–Kier alpha value is -3.37. The highest BCUT2D eigenvalue weighted by atomic mass is 35.5. The van der Waals surface area contributed by atoms with Crippen LogP contribution in [0.2, 0.25) is 5.02 Å². The van der Waals surface area contributed by atoms with Gasteiger partial charge in [-0.3, -0.25) is 4.90 Å². The fourth-order valence-electron chi connectivity index (χ4n) is 6.46. The molecule has 5 heterocycles. The predicted octanol–water partition coefficient (Wildman–Crippen LogP) is 6.71. The third kappa shape index (κ3) is 5.51. The normalized spacial score (nSPS) is 22.0. The number of aromatic nitrogens is 2. The zero-order chi connectivity index (χ0) is 31.1. The van der Waals surface area contributed by atoms with Crippen LogP contribution in [0.3, 0.4) is 0 Å². The van der Waals surface area contributed by atoms with E-state index in [1.807, 2.05) is 17.9 Å². The van der Waals surface area contributed by atoms with E-state index in [-0.39, 0.29) is 54.4 Å². The molecule has 0 spiro atoms. The maximum Gasteiger partial charge on any atom is 0.318 e. The summed E-state index contributed by atoms with van der Waals surface area (Å²) in [5.74, 6) is -0.795. The van der Waals surface area contributed by atoms with Gasteiger partial charge in [0.2, 0.25) is 0 Å². The molecule has 4 aromatic rings. The zero-order valence-electron chi connectivity index (χ0n) is 24.4. The predicted molar refractivity (Wildman–Crippen MR) is 167 cm³/mol. The minimum atomic E-state index is -0.727. The van der Waals surface area contributed by atoms with Crippen LogP contribution in [0.4, 0.5) is 24.0 Å². The molecular weight excluding hydrogens is 613 g/mol. The summed E-state index contributed by atoms with van der Waals surface area (Å²) in [7, 11) is 1.41. The smallest absolute Gasteiger partial charge is 0.318 e. The van der Waals surface area contributed by atoms with Crippen LogP contribution >= 0.6 is 22.9 Å². The van der Waals surface area contributed by atoms with Crippen LogP contribution in [0.5, 0.6) is 6.01 Å². The van der Waals surface area contributed by atoms with Gasteiger partial charge in [-0.1, -0.05) is 17.7 Å². The highest BCUT2D eigenvalue weighted by Crippen LogP contribution is 2.45. The van der Waals surface area contributed by atoms with Gasteiger partial charge in [0, 0.05) is 48.1 Å². The maximum absolute atomic E-state index is 16.2. The van der Waals surface area contributed by atoms with Crippen molar-refractivity contribution in [2.75, 3.05) is 50.6 Å². The topological polar surface area (TPSA) is 101 Å². The third-order valence-electron chi connectivity index (χ3n) is 8.64.